The third kappa shape index (κ3) is 3.63. The summed E-state index contributed by atoms with van der Waals surface area (Å²) in [5.74, 6) is 0. The van der Waals surface area contributed by atoms with Gasteiger partial charge in [-0.2, -0.15) is 0 Å². The van der Waals surface area contributed by atoms with Crippen LogP contribution >= 0.6 is 0 Å². The zero-order valence-electron chi connectivity index (χ0n) is 15.5. The Hall–Kier alpha value is -2.64. The summed E-state index contributed by atoms with van der Waals surface area (Å²) >= 11 is 0. The minimum atomic E-state index is -2.02. The molecule has 0 saturated heterocycles. The molecule has 0 atom stereocenters. The molecule has 0 amide bonds. The molecular weight excluding hydrogens is 328 g/mol. The standard InChI is InChI=1S/C25H26Si/c1-4-9-21-13-17-24(18-14-21)26(3,23-11-7-6-8-12-23)25-19-15-22(10-5-2)16-20-25/h4-8,11-20H,1-2,9-10H2,3H3. The van der Waals surface area contributed by atoms with Crippen molar-refractivity contribution in [2.45, 2.75) is 19.4 Å². The van der Waals surface area contributed by atoms with Crippen molar-refractivity contribution in [1.29, 1.82) is 0 Å². The molecule has 0 aliphatic carbocycles. The molecule has 0 fully saturated rings. The highest BCUT2D eigenvalue weighted by Gasteiger charge is 2.33. The maximum Gasteiger partial charge on any atom is 0.145 e. The van der Waals surface area contributed by atoms with E-state index in [0.29, 0.717) is 0 Å². The average molecular weight is 355 g/mol. The third-order valence-electron chi connectivity index (χ3n) is 5.17. The quantitative estimate of drug-likeness (QED) is 0.338. The summed E-state index contributed by atoms with van der Waals surface area (Å²) in [6.45, 7) is 10.1. The molecule has 0 spiro atoms. The number of allylic oxidation sites excluding steroid dienone is 2. The Balaban J connectivity index is 2.10. The Morgan fingerprint density at radius 2 is 1.00 bits per heavy atom. The molecule has 0 heterocycles. The van der Waals surface area contributed by atoms with E-state index in [-0.39, 0.29) is 0 Å². The first-order chi connectivity index (χ1) is 12.7. The van der Waals surface area contributed by atoms with Gasteiger partial charge in [0.2, 0.25) is 0 Å². The van der Waals surface area contributed by atoms with Gasteiger partial charge in [0.15, 0.2) is 0 Å². The van der Waals surface area contributed by atoms with Crippen LogP contribution in [0.5, 0.6) is 0 Å². The zero-order valence-corrected chi connectivity index (χ0v) is 16.5. The van der Waals surface area contributed by atoms with Crippen LogP contribution in [0, 0.1) is 0 Å². The number of benzene rings is 3. The minimum Gasteiger partial charge on any atom is -0.103 e. The van der Waals surface area contributed by atoms with Gasteiger partial charge in [0.1, 0.15) is 8.07 Å². The van der Waals surface area contributed by atoms with E-state index in [0.717, 1.165) is 12.8 Å². The fraction of sp³-hybridized carbons (Fsp3) is 0.120. The monoisotopic (exact) mass is 354 g/mol. The lowest BCUT2D eigenvalue weighted by atomic mass is 10.1. The number of hydrogen-bond acceptors (Lipinski definition) is 0. The normalized spacial score (nSPS) is 11.1. The molecule has 0 aromatic heterocycles. The highest BCUT2D eigenvalue weighted by molar-refractivity contribution is 7.10. The minimum absolute atomic E-state index is 0.917. The molecule has 3 aromatic carbocycles. The number of hydrogen-bond donors (Lipinski definition) is 0. The van der Waals surface area contributed by atoms with Gasteiger partial charge in [-0.25, -0.2) is 0 Å². The van der Waals surface area contributed by atoms with E-state index in [2.05, 4.69) is 98.6 Å². The highest BCUT2D eigenvalue weighted by Crippen LogP contribution is 2.10. The Labute approximate surface area is 158 Å². The van der Waals surface area contributed by atoms with Gasteiger partial charge < -0.3 is 0 Å². The lowest BCUT2D eigenvalue weighted by molar-refractivity contribution is 1.28. The van der Waals surface area contributed by atoms with Crippen molar-refractivity contribution in [3.8, 4) is 0 Å². The van der Waals surface area contributed by atoms with E-state index in [9.17, 15) is 0 Å². The molecule has 0 nitrogen and oxygen atoms in total. The van der Waals surface area contributed by atoms with Gasteiger partial charge in [0.25, 0.3) is 0 Å². The summed E-state index contributed by atoms with van der Waals surface area (Å²) in [5.41, 5.74) is 2.63. The van der Waals surface area contributed by atoms with Crippen LogP contribution in [0.2, 0.25) is 6.55 Å². The van der Waals surface area contributed by atoms with Gasteiger partial charge in [-0.15, -0.1) is 13.2 Å². The Morgan fingerprint density at radius 1 is 0.615 bits per heavy atom. The van der Waals surface area contributed by atoms with Crippen molar-refractivity contribution in [3.05, 3.63) is 115 Å². The Kier molecular flexibility index (Phi) is 5.70. The Morgan fingerprint density at radius 3 is 1.38 bits per heavy atom. The average Bonchev–Trinajstić information content (AvgIpc) is 2.70. The third-order valence-corrected chi connectivity index (χ3v) is 9.64. The molecule has 130 valence electrons. The highest BCUT2D eigenvalue weighted by atomic mass is 28.3. The van der Waals surface area contributed by atoms with Crippen LogP contribution in [0.3, 0.4) is 0 Å². The van der Waals surface area contributed by atoms with Crippen molar-refractivity contribution < 1.29 is 0 Å². The van der Waals surface area contributed by atoms with Crippen LogP contribution in [0.4, 0.5) is 0 Å². The molecule has 0 aliphatic rings. The fourth-order valence-corrected chi connectivity index (χ4v) is 7.08. The van der Waals surface area contributed by atoms with E-state index in [1.807, 2.05) is 12.2 Å². The van der Waals surface area contributed by atoms with Crippen LogP contribution in [0.1, 0.15) is 11.1 Å². The molecule has 0 aliphatic heterocycles. The summed E-state index contributed by atoms with van der Waals surface area (Å²) < 4.78 is 0. The molecule has 3 rings (SSSR count). The molecule has 26 heavy (non-hydrogen) atoms. The summed E-state index contributed by atoms with van der Waals surface area (Å²) in [4.78, 5) is 0. The second-order valence-corrected chi connectivity index (χ2v) is 10.9. The SMILES string of the molecule is C=CCc1ccc([Si](C)(c2ccccc2)c2ccc(CC=C)cc2)cc1. The van der Waals surface area contributed by atoms with Crippen LogP contribution in [-0.2, 0) is 12.8 Å². The zero-order chi connectivity index (χ0) is 18.4. The molecule has 0 radical (unpaired) electrons. The maximum atomic E-state index is 3.85. The van der Waals surface area contributed by atoms with Crippen molar-refractivity contribution in [1.82, 2.24) is 0 Å². The summed E-state index contributed by atoms with van der Waals surface area (Å²) in [6.07, 6.45) is 5.75. The smallest absolute Gasteiger partial charge is 0.103 e. The van der Waals surface area contributed by atoms with E-state index in [4.69, 9.17) is 0 Å². The van der Waals surface area contributed by atoms with Gasteiger partial charge >= 0.3 is 0 Å². The molecule has 0 N–H and O–H groups in total. The van der Waals surface area contributed by atoms with Crippen molar-refractivity contribution in [3.63, 3.8) is 0 Å². The number of rotatable bonds is 7. The second kappa shape index (κ2) is 8.16. The molecule has 0 bridgehead atoms. The van der Waals surface area contributed by atoms with E-state index >= 15 is 0 Å². The van der Waals surface area contributed by atoms with Crippen LogP contribution in [-0.4, -0.2) is 8.07 Å². The summed E-state index contributed by atoms with van der Waals surface area (Å²) in [5, 5.41) is 4.31. The Bertz CT molecular complexity index is 805. The van der Waals surface area contributed by atoms with Crippen molar-refractivity contribution in [2.24, 2.45) is 0 Å². The molecule has 1 heteroatoms. The second-order valence-electron chi connectivity index (χ2n) is 6.87. The lowest BCUT2D eigenvalue weighted by Crippen LogP contribution is -2.64. The van der Waals surface area contributed by atoms with Crippen molar-refractivity contribution >= 4 is 23.6 Å². The van der Waals surface area contributed by atoms with E-state index in [1.54, 1.807) is 0 Å². The lowest BCUT2D eigenvalue weighted by Gasteiger charge is -2.30. The van der Waals surface area contributed by atoms with E-state index < -0.39 is 8.07 Å². The van der Waals surface area contributed by atoms with Crippen LogP contribution in [0.15, 0.2) is 104 Å². The van der Waals surface area contributed by atoms with Crippen LogP contribution in [0.25, 0.3) is 0 Å². The topological polar surface area (TPSA) is 0 Å². The van der Waals surface area contributed by atoms with Gasteiger partial charge in [0.05, 0.1) is 0 Å². The van der Waals surface area contributed by atoms with E-state index in [1.165, 1.54) is 26.7 Å². The first kappa shape index (κ1) is 18.2. The van der Waals surface area contributed by atoms with Gasteiger partial charge in [-0.1, -0.05) is 97.6 Å². The largest absolute Gasteiger partial charge is 0.145 e. The van der Waals surface area contributed by atoms with Gasteiger partial charge in [-0.05, 0) is 39.5 Å². The molecule has 0 unspecified atom stereocenters. The first-order valence-corrected chi connectivity index (χ1v) is 11.6. The molecular formula is C25H26Si. The summed E-state index contributed by atoms with van der Waals surface area (Å²) in [6, 6.07) is 29.2. The fourth-order valence-electron chi connectivity index (χ4n) is 3.55. The van der Waals surface area contributed by atoms with Gasteiger partial charge in [-0.3, -0.25) is 0 Å². The van der Waals surface area contributed by atoms with Gasteiger partial charge in [0, 0.05) is 0 Å². The summed E-state index contributed by atoms with van der Waals surface area (Å²) in [7, 11) is -2.02. The van der Waals surface area contributed by atoms with Crippen molar-refractivity contribution in [2.75, 3.05) is 0 Å². The maximum absolute atomic E-state index is 3.85. The van der Waals surface area contributed by atoms with Crippen LogP contribution < -0.4 is 15.6 Å². The molecule has 0 saturated carbocycles. The molecule has 3 aromatic rings. The predicted molar refractivity (Wildman–Crippen MR) is 118 cm³/mol. The first-order valence-electron chi connectivity index (χ1n) is 9.14. The predicted octanol–water partition coefficient (Wildman–Crippen LogP) is 4.24.